The molecule has 1 aromatic rings. The minimum atomic E-state index is -3.56. The molecular formula is C11H22N4O2S2. The highest BCUT2D eigenvalue weighted by Crippen LogP contribution is 2.20. The topological polar surface area (TPSA) is 90.0 Å². The van der Waals surface area contributed by atoms with Crippen molar-refractivity contribution < 1.29 is 8.42 Å². The van der Waals surface area contributed by atoms with E-state index in [1.165, 1.54) is 4.68 Å². The number of aromatic nitrogens is 2. The second-order valence-electron chi connectivity index (χ2n) is 4.37. The maximum absolute atomic E-state index is 12.1. The average Bonchev–Trinajstić information content (AvgIpc) is 2.58. The molecule has 19 heavy (non-hydrogen) atoms. The van der Waals surface area contributed by atoms with Gasteiger partial charge in [-0.25, -0.2) is 13.1 Å². The van der Waals surface area contributed by atoms with Crippen LogP contribution in [0.15, 0.2) is 4.90 Å². The molecule has 3 N–H and O–H groups in total. The molecule has 0 aliphatic rings. The average molecular weight is 306 g/mol. The number of nitrogen functional groups attached to an aromatic ring is 1. The Kier molecular flexibility index (Phi) is 6.15. The lowest BCUT2D eigenvalue weighted by atomic mass is 10.2. The maximum Gasteiger partial charge on any atom is 0.246 e. The highest BCUT2D eigenvalue weighted by molar-refractivity contribution is 7.98. The zero-order chi connectivity index (χ0) is 14.5. The van der Waals surface area contributed by atoms with E-state index in [0.29, 0.717) is 12.2 Å². The van der Waals surface area contributed by atoms with Crippen LogP contribution in [0.2, 0.25) is 0 Å². The SMILES string of the molecule is CSCCCCCNS(=O)(=O)c1c(N)nn(C)c1C. The van der Waals surface area contributed by atoms with Gasteiger partial charge in [0.2, 0.25) is 10.0 Å². The second-order valence-corrected chi connectivity index (χ2v) is 7.06. The van der Waals surface area contributed by atoms with Gasteiger partial charge in [0, 0.05) is 13.6 Å². The molecule has 0 fully saturated rings. The van der Waals surface area contributed by atoms with E-state index in [0.717, 1.165) is 25.0 Å². The van der Waals surface area contributed by atoms with Gasteiger partial charge in [-0.3, -0.25) is 4.68 Å². The molecule has 0 unspecified atom stereocenters. The smallest absolute Gasteiger partial charge is 0.246 e. The second kappa shape index (κ2) is 7.16. The van der Waals surface area contributed by atoms with Crippen LogP contribution >= 0.6 is 11.8 Å². The van der Waals surface area contributed by atoms with Crippen molar-refractivity contribution in [2.24, 2.45) is 7.05 Å². The lowest BCUT2D eigenvalue weighted by Crippen LogP contribution is -2.26. The molecule has 0 saturated heterocycles. The number of nitrogens with two attached hydrogens (primary N) is 1. The van der Waals surface area contributed by atoms with E-state index < -0.39 is 10.0 Å². The van der Waals surface area contributed by atoms with E-state index in [-0.39, 0.29) is 10.7 Å². The molecule has 0 aromatic carbocycles. The van der Waals surface area contributed by atoms with E-state index in [2.05, 4.69) is 16.1 Å². The molecule has 0 aliphatic heterocycles. The molecule has 0 radical (unpaired) electrons. The van der Waals surface area contributed by atoms with Gasteiger partial charge in [0.15, 0.2) is 5.82 Å². The van der Waals surface area contributed by atoms with Gasteiger partial charge >= 0.3 is 0 Å². The van der Waals surface area contributed by atoms with Crippen LogP contribution in [-0.4, -0.2) is 36.8 Å². The van der Waals surface area contributed by atoms with Crippen molar-refractivity contribution >= 4 is 27.6 Å². The van der Waals surface area contributed by atoms with Crippen LogP contribution in [-0.2, 0) is 17.1 Å². The first-order valence-electron chi connectivity index (χ1n) is 6.18. The normalized spacial score (nSPS) is 11.9. The van der Waals surface area contributed by atoms with Gasteiger partial charge < -0.3 is 5.73 Å². The first kappa shape index (κ1) is 16.3. The predicted molar refractivity (Wildman–Crippen MR) is 79.8 cm³/mol. The zero-order valence-corrected chi connectivity index (χ0v) is 13.3. The summed E-state index contributed by atoms with van der Waals surface area (Å²) >= 11 is 1.80. The summed E-state index contributed by atoms with van der Waals surface area (Å²) in [6.45, 7) is 2.13. The summed E-state index contributed by atoms with van der Waals surface area (Å²) in [5, 5.41) is 3.92. The van der Waals surface area contributed by atoms with Gasteiger partial charge in [-0.15, -0.1) is 0 Å². The summed E-state index contributed by atoms with van der Waals surface area (Å²) in [7, 11) is -1.88. The summed E-state index contributed by atoms with van der Waals surface area (Å²) in [4.78, 5) is 0.0964. The van der Waals surface area contributed by atoms with Gasteiger partial charge in [0.25, 0.3) is 0 Å². The highest BCUT2D eigenvalue weighted by atomic mass is 32.2. The van der Waals surface area contributed by atoms with E-state index >= 15 is 0 Å². The molecule has 1 rings (SSSR count). The Bertz CT molecular complexity index is 511. The summed E-state index contributed by atoms with van der Waals surface area (Å²) in [5.74, 6) is 1.16. The van der Waals surface area contributed by atoms with Crippen molar-refractivity contribution in [2.75, 3.05) is 24.3 Å². The number of anilines is 1. The van der Waals surface area contributed by atoms with Crippen molar-refractivity contribution in [3.05, 3.63) is 5.69 Å². The molecule has 1 heterocycles. The Balaban J connectivity index is 2.57. The van der Waals surface area contributed by atoms with E-state index in [4.69, 9.17) is 5.73 Å². The van der Waals surface area contributed by atoms with Crippen LogP contribution in [0.3, 0.4) is 0 Å². The Morgan fingerprint density at radius 3 is 2.58 bits per heavy atom. The third-order valence-corrected chi connectivity index (χ3v) is 5.21. The maximum atomic E-state index is 12.1. The Labute approximate surface area is 119 Å². The molecule has 0 saturated carbocycles. The molecule has 0 aliphatic carbocycles. The number of hydrogen-bond acceptors (Lipinski definition) is 5. The summed E-state index contributed by atoms with van der Waals surface area (Å²) < 4.78 is 28.3. The molecule has 0 amide bonds. The van der Waals surface area contributed by atoms with E-state index in [9.17, 15) is 8.42 Å². The predicted octanol–water partition coefficient (Wildman–Crippen LogP) is 1.12. The number of thioether (sulfide) groups is 1. The molecule has 0 atom stereocenters. The third kappa shape index (κ3) is 4.39. The van der Waals surface area contributed by atoms with Crippen LogP contribution in [0.5, 0.6) is 0 Å². The van der Waals surface area contributed by atoms with Crippen LogP contribution in [0, 0.1) is 6.92 Å². The lowest BCUT2D eigenvalue weighted by molar-refractivity contribution is 0.575. The molecule has 6 nitrogen and oxygen atoms in total. The Morgan fingerprint density at radius 1 is 1.37 bits per heavy atom. The summed E-state index contributed by atoms with van der Waals surface area (Å²) in [6, 6.07) is 0. The van der Waals surface area contributed by atoms with Crippen molar-refractivity contribution in [1.82, 2.24) is 14.5 Å². The zero-order valence-electron chi connectivity index (χ0n) is 11.6. The number of sulfonamides is 1. The molecule has 8 heteroatoms. The van der Waals surface area contributed by atoms with Crippen LogP contribution in [0.1, 0.15) is 25.0 Å². The third-order valence-electron chi connectivity index (χ3n) is 2.89. The quantitative estimate of drug-likeness (QED) is 0.703. The number of nitrogens with one attached hydrogen (secondary N) is 1. The van der Waals surface area contributed by atoms with Gasteiger partial charge in [-0.2, -0.15) is 16.9 Å². The van der Waals surface area contributed by atoms with Gasteiger partial charge in [0.1, 0.15) is 4.90 Å². The molecule has 1 aromatic heterocycles. The summed E-state index contributed by atoms with van der Waals surface area (Å²) in [6.07, 6.45) is 5.03. The number of hydrogen-bond donors (Lipinski definition) is 2. The fraction of sp³-hybridized carbons (Fsp3) is 0.727. The minimum absolute atomic E-state index is 0.0508. The summed E-state index contributed by atoms with van der Waals surface area (Å²) in [5.41, 5.74) is 6.19. The molecule has 0 spiro atoms. The van der Waals surface area contributed by atoms with E-state index in [1.807, 2.05) is 0 Å². The van der Waals surface area contributed by atoms with Crippen LogP contribution in [0.4, 0.5) is 5.82 Å². The van der Waals surface area contributed by atoms with E-state index in [1.54, 1.807) is 25.7 Å². The Morgan fingerprint density at radius 2 is 2.05 bits per heavy atom. The van der Waals surface area contributed by atoms with Gasteiger partial charge in [-0.05, 0) is 31.8 Å². The van der Waals surface area contributed by atoms with Crippen molar-refractivity contribution in [3.63, 3.8) is 0 Å². The monoisotopic (exact) mass is 306 g/mol. The number of aryl methyl sites for hydroxylation is 1. The molecule has 0 bridgehead atoms. The van der Waals surface area contributed by atoms with Gasteiger partial charge in [0.05, 0.1) is 5.69 Å². The lowest BCUT2D eigenvalue weighted by Gasteiger charge is -2.06. The first-order chi connectivity index (χ1) is 8.90. The van der Waals surface area contributed by atoms with Crippen molar-refractivity contribution in [2.45, 2.75) is 31.1 Å². The van der Waals surface area contributed by atoms with Crippen molar-refractivity contribution in [3.8, 4) is 0 Å². The first-order valence-corrected chi connectivity index (χ1v) is 9.05. The fourth-order valence-corrected chi connectivity index (χ4v) is 3.66. The van der Waals surface area contributed by atoms with Crippen molar-refractivity contribution in [1.29, 1.82) is 0 Å². The minimum Gasteiger partial charge on any atom is -0.381 e. The largest absolute Gasteiger partial charge is 0.381 e. The van der Waals surface area contributed by atoms with Crippen LogP contribution < -0.4 is 10.5 Å². The Hall–Kier alpha value is -0.730. The molecular weight excluding hydrogens is 284 g/mol. The highest BCUT2D eigenvalue weighted by Gasteiger charge is 2.23. The number of nitrogens with zero attached hydrogens (tertiary/aromatic N) is 2. The van der Waals surface area contributed by atoms with Gasteiger partial charge in [-0.1, -0.05) is 6.42 Å². The fourth-order valence-electron chi connectivity index (χ4n) is 1.77. The van der Waals surface area contributed by atoms with Crippen LogP contribution in [0.25, 0.3) is 0 Å². The standard InChI is InChI=1S/C11H22N4O2S2/c1-9-10(11(12)14-15(9)2)19(16,17)13-7-5-4-6-8-18-3/h13H,4-8H2,1-3H3,(H2,12,14). The number of unbranched alkanes of at least 4 members (excludes halogenated alkanes) is 2. The molecule has 110 valence electrons. The number of rotatable bonds is 8.